The summed E-state index contributed by atoms with van der Waals surface area (Å²) >= 11 is -2.62. The van der Waals surface area contributed by atoms with E-state index < -0.39 is 44.0 Å². The number of hydrogen-bond donors (Lipinski definition) is 0. The molecule has 0 saturated heterocycles. The van der Waals surface area contributed by atoms with Crippen LogP contribution in [0, 0.1) is 0 Å². The van der Waals surface area contributed by atoms with Crippen LogP contribution in [0.4, 0.5) is 30.7 Å². The number of hydrogen-bond acceptors (Lipinski definition) is 1. The van der Waals surface area contributed by atoms with Crippen LogP contribution in [0.25, 0.3) is 0 Å². The van der Waals surface area contributed by atoms with Crippen LogP contribution in [0.15, 0.2) is 60.7 Å². The summed E-state index contributed by atoms with van der Waals surface area (Å²) in [6.07, 6.45) is -6.30. The molecule has 9 heteroatoms. The van der Waals surface area contributed by atoms with Crippen LogP contribution in [0.1, 0.15) is 17.0 Å². The molecule has 0 atom stereocenters. The van der Waals surface area contributed by atoms with Gasteiger partial charge in [-0.3, -0.25) is 0 Å². The summed E-state index contributed by atoms with van der Waals surface area (Å²) in [4.78, 5) is 0. The molecule has 0 saturated carbocycles. The van der Waals surface area contributed by atoms with E-state index >= 15 is 0 Å². The van der Waals surface area contributed by atoms with Crippen molar-refractivity contribution in [2.75, 3.05) is 6.61 Å². The number of benzene rings is 2. The number of rotatable bonds is 8. The standard InChI is InChI=1S/C14H13O.C4H2F7.Sn/c15-11-14(12-7-3-1-4-8-12)13-9-5-2-6-10-13;1-2(5,6)3(7,8)4(9,10)11;/h1-10,14H,11H2;1H2;/q-1;;+1. The van der Waals surface area contributed by atoms with E-state index in [9.17, 15) is 30.7 Å². The molecule has 27 heavy (non-hydrogen) atoms. The molecule has 2 aromatic carbocycles. The molecule has 2 rings (SSSR count). The molecule has 0 amide bonds. The van der Waals surface area contributed by atoms with E-state index in [1.165, 1.54) is 0 Å². The molecule has 0 aliphatic heterocycles. The summed E-state index contributed by atoms with van der Waals surface area (Å²) in [5.41, 5.74) is 1.66. The zero-order valence-electron chi connectivity index (χ0n) is 13.8. The second-order valence-electron chi connectivity index (χ2n) is 5.78. The quantitative estimate of drug-likeness (QED) is 0.257. The molecular formula is C18H15F7OSn. The monoisotopic (exact) mass is 500 g/mol. The van der Waals surface area contributed by atoms with Gasteiger partial charge in [0.2, 0.25) is 0 Å². The average Bonchev–Trinajstić information content (AvgIpc) is 2.62. The van der Waals surface area contributed by atoms with Gasteiger partial charge >= 0.3 is 162 Å². The Balaban J connectivity index is 2.03. The summed E-state index contributed by atoms with van der Waals surface area (Å²) in [6, 6.07) is 17.9. The van der Waals surface area contributed by atoms with Crippen LogP contribution in [0.2, 0.25) is 4.44 Å². The van der Waals surface area contributed by atoms with Crippen molar-refractivity contribution in [3.8, 4) is 0 Å². The molecule has 146 valence electrons. The van der Waals surface area contributed by atoms with Crippen LogP contribution < -0.4 is 0 Å². The zero-order valence-corrected chi connectivity index (χ0v) is 16.7. The van der Waals surface area contributed by atoms with Crippen molar-refractivity contribution >= 4 is 21.6 Å². The molecule has 0 fully saturated rings. The van der Waals surface area contributed by atoms with Gasteiger partial charge in [-0.15, -0.1) is 0 Å². The predicted octanol–water partition coefficient (Wildman–Crippen LogP) is 5.71. The van der Waals surface area contributed by atoms with Crippen molar-refractivity contribution in [1.82, 2.24) is 0 Å². The first-order valence-electron chi connectivity index (χ1n) is 7.83. The molecule has 1 nitrogen and oxygen atoms in total. The molecule has 0 unspecified atom stereocenters. The Morgan fingerprint density at radius 2 is 1.19 bits per heavy atom. The summed E-state index contributed by atoms with van der Waals surface area (Å²) in [5, 5.41) is 0. The van der Waals surface area contributed by atoms with Crippen LogP contribution in [0.3, 0.4) is 0 Å². The van der Waals surface area contributed by atoms with Gasteiger partial charge in [-0.05, 0) is 0 Å². The van der Waals surface area contributed by atoms with Crippen molar-refractivity contribution in [2.24, 2.45) is 0 Å². The van der Waals surface area contributed by atoms with E-state index in [1.54, 1.807) is 60.7 Å². The van der Waals surface area contributed by atoms with Crippen LogP contribution in [0.5, 0.6) is 0 Å². The van der Waals surface area contributed by atoms with Crippen molar-refractivity contribution in [3.63, 3.8) is 0 Å². The van der Waals surface area contributed by atoms with Gasteiger partial charge < -0.3 is 0 Å². The second-order valence-corrected chi connectivity index (χ2v) is 8.44. The third-order valence-corrected chi connectivity index (χ3v) is 6.60. The maximum absolute atomic E-state index is 13.4. The predicted molar refractivity (Wildman–Crippen MR) is 87.2 cm³/mol. The fraction of sp³-hybridized carbons (Fsp3) is 0.333. The summed E-state index contributed by atoms with van der Waals surface area (Å²) in [5.74, 6) is -11.6. The van der Waals surface area contributed by atoms with Gasteiger partial charge in [-0.1, -0.05) is 0 Å². The maximum atomic E-state index is 13.4. The SMILES string of the molecule is FC(F)(F)C(F)(F)C(F)(F)[CH2][Sn][O]CC(c1ccccc1)c1ccccc1. The molecule has 0 spiro atoms. The summed E-state index contributed by atoms with van der Waals surface area (Å²) in [6.45, 7) is -0.0617. The fourth-order valence-electron chi connectivity index (χ4n) is 2.36. The molecule has 2 aromatic rings. The Labute approximate surface area is 162 Å². The second kappa shape index (κ2) is 8.81. The van der Waals surface area contributed by atoms with E-state index in [1.807, 2.05) is 0 Å². The van der Waals surface area contributed by atoms with Gasteiger partial charge in [0.25, 0.3) is 0 Å². The molecule has 0 aliphatic carbocycles. The number of halogens is 7. The van der Waals surface area contributed by atoms with Crippen molar-refractivity contribution in [2.45, 2.75) is 28.4 Å². The minimum absolute atomic E-state index is 0.0617. The van der Waals surface area contributed by atoms with Crippen LogP contribution in [-0.4, -0.2) is 46.2 Å². The summed E-state index contributed by atoms with van der Waals surface area (Å²) in [7, 11) is 0. The van der Waals surface area contributed by atoms with Gasteiger partial charge in [0.05, 0.1) is 0 Å². The third kappa shape index (κ3) is 5.37. The van der Waals surface area contributed by atoms with Crippen LogP contribution in [-0.2, 0) is 3.07 Å². The van der Waals surface area contributed by atoms with Crippen LogP contribution >= 0.6 is 0 Å². The van der Waals surface area contributed by atoms with Gasteiger partial charge in [-0.25, -0.2) is 0 Å². The Morgan fingerprint density at radius 3 is 1.59 bits per heavy atom. The Morgan fingerprint density at radius 1 is 0.741 bits per heavy atom. The van der Waals surface area contributed by atoms with Gasteiger partial charge in [0.1, 0.15) is 0 Å². The van der Waals surface area contributed by atoms with E-state index in [-0.39, 0.29) is 12.5 Å². The van der Waals surface area contributed by atoms with E-state index in [0.29, 0.717) is 0 Å². The molecule has 0 heterocycles. The minimum atomic E-state index is -6.30. The van der Waals surface area contributed by atoms with Crippen molar-refractivity contribution < 1.29 is 33.8 Å². The van der Waals surface area contributed by atoms with Gasteiger partial charge in [-0.2, -0.15) is 0 Å². The van der Waals surface area contributed by atoms with Gasteiger partial charge in [0.15, 0.2) is 0 Å². The molecule has 0 N–H and O–H groups in total. The average molecular weight is 499 g/mol. The third-order valence-electron chi connectivity index (χ3n) is 3.87. The molecule has 0 aliphatic rings. The topological polar surface area (TPSA) is 9.23 Å². The zero-order chi connectivity index (χ0) is 20.1. The normalized spacial score (nSPS) is 13.2. The van der Waals surface area contributed by atoms with E-state index in [0.717, 1.165) is 11.1 Å². The Kier molecular flexibility index (Phi) is 7.18. The first-order chi connectivity index (χ1) is 12.6. The Hall–Kier alpha value is -1.29. The molecule has 0 bridgehead atoms. The first-order valence-corrected chi connectivity index (χ1v) is 11.0. The molecular weight excluding hydrogens is 484 g/mol. The van der Waals surface area contributed by atoms with E-state index in [4.69, 9.17) is 3.07 Å². The van der Waals surface area contributed by atoms with Crippen molar-refractivity contribution in [3.05, 3.63) is 71.8 Å². The fourth-order valence-corrected chi connectivity index (χ4v) is 4.61. The number of alkyl halides is 7. The Bertz CT molecular complexity index is 665. The summed E-state index contributed by atoms with van der Waals surface area (Å²) < 4.78 is 92.7. The first kappa shape index (κ1) is 22.0. The van der Waals surface area contributed by atoms with Crippen molar-refractivity contribution in [1.29, 1.82) is 0 Å². The molecule has 0 aromatic heterocycles. The van der Waals surface area contributed by atoms with Gasteiger partial charge in [0, 0.05) is 0 Å². The molecule has 2 radical (unpaired) electrons. The van der Waals surface area contributed by atoms with E-state index in [2.05, 4.69) is 0 Å².